The minimum Gasteiger partial charge on any atom is -0.380 e. The highest BCUT2D eigenvalue weighted by atomic mass is 127. The first-order valence-corrected chi connectivity index (χ1v) is 10.0. The number of ether oxygens (including phenoxy) is 1. The van der Waals surface area contributed by atoms with Crippen molar-refractivity contribution in [3.63, 3.8) is 0 Å². The van der Waals surface area contributed by atoms with Gasteiger partial charge in [0.15, 0.2) is 5.96 Å². The summed E-state index contributed by atoms with van der Waals surface area (Å²) in [4.78, 5) is 8.56. The lowest BCUT2D eigenvalue weighted by Gasteiger charge is -2.30. The number of thiophene rings is 1. The van der Waals surface area contributed by atoms with Crippen LogP contribution in [0.5, 0.6) is 0 Å². The Bertz CT molecular complexity index is 700. The molecule has 0 amide bonds. The number of para-hydroxylation sites is 1. The fourth-order valence-electron chi connectivity index (χ4n) is 3.28. The lowest BCUT2D eigenvalue weighted by molar-refractivity contribution is 0.182. The van der Waals surface area contributed by atoms with Gasteiger partial charge in [0, 0.05) is 36.3 Å². The molecule has 1 aromatic heterocycles. The maximum absolute atomic E-state index is 6.09. The predicted molar refractivity (Wildman–Crippen MR) is 125 cm³/mol. The number of aliphatic imine (C=N–C) groups is 1. The van der Waals surface area contributed by atoms with Crippen LogP contribution in [0.15, 0.2) is 46.8 Å². The molecule has 1 fully saturated rings. The van der Waals surface area contributed by atoms with Gasteiger partial charge in [-0.2, -0.15) is 0 Å². The SMILES string of the molecule is COCc1ccccc1NC(N)=NCC1CCN(Cc2cccs2)CC1.I. The summed E-state index contributed by atoms with van der Waals surface area (Å²) >= 11 is 1.84. The molecule has 0 unspecified atom stereocenters. The van der Waals surface area contributed by atoms with Crippen LogP contribution >= 0.6 is 35.3 Å². The van der Waals surface area contributed by atoms with Gasteiger partial charge in [0.25, 0.3) is 0 Å². The number of rotatable bonds is 7. The van der Waals surface area contributed by atoms with Crippen LogP contribution in [0.2, 0.25) is 0 Å². The van der Waals surface area contributed by atoms with E-state index in [9.17, 15) is 0 Å². The van der Waals surface area contributed by atoms with E-state index in [1.54, 1.807) is 7.11 Å². The number of nitrogens with two attached hydrogens (primary N) is 1. The fourth-order valence-corrected chi connectivity index (χ4v) is 4.02. The topological polar surface area (TPSA) is 62.9 Å². The van der Waals surface area contributed by atoms with Gasteiger partial charge in [-0.3, -0.25) is 9.89 Å². The van der Waals surface area contributed by atoms with Crippen molar-refractivity contribution < 1.29 is 4.74 Å². The lowest BCUT2D eigenvalue weighted by Crippen LogP contribution is -2.34. The summed E-state index contributed by atoms with van der Waals surface area (Å²) in [5, 5.41) is 5.36. The highest BCUT2D eigenvalue weighted by Gasteiger charge is 2.19. The minimum absolute atomic E-state index is 0. The molecule has 27 heavy (non-hydrogen) atoms. The molecular formula is C20H29IN4OS. The zero-order valence-corrected chi connectivity index (χ0v) is 18.9. The van der Waals surface area contributed by atoms with Gasteiger partial charge in [-0.1, -0.05) is 24.3 Å². The molecule has 1 aliphatic heterocycles. The van der Waals surface area contributed by atoms with Gasteiger partial charge in [0.2, 0.25) is 0 Å². The van der Waals surface area contributed by atoms with E-state index < -0.39 is 0 Å². The number of benzene rings is 1. The van der Waals surface area contributed by atoms with E-state index in [0.717, 1.165) is 37.4 Å². The molecule has 2 aromatic rings. The Morgan fingerprint density at radius 1 is 1.26 bits per heavy atom. The van der Waals surface area contributed by atoms with Crippen LogP contribution in [0.3, 0.4) is 0 Å². The normalized spacial score (nSPS) is 16.1. The monoisotopic (exact) mass is 500 g/mol. The molecule has 0 spiro atoms. The number of piperidine rings is 1. The number of likely N-dealkylation sites (tertiary alicyclic amines) is 1. The van der Waals surface area contributed by atoms with Gasteiger partial charge in [0.05, 0.1) is 6.61 Å². The Morgan fingerprint density at radius 3 is 2.74 bits per heavy atom. The van der Waals surface area contributed by atoms with Crippen LogP contribution in [0.4, 0.5) is 5.69 Å². The zero-order chi connectivity index (χ0) is 18.2. The predicted octanol–water partition coefficient (Wildman–Crippen LogP) is 4.15. The van der Waals surface area contributed by atoms with E-state index in [4.69, 9.17) is 10.5 Å². The molecule has 7 heteroatoms. The van der Waals surface area contributed by atoms with Gasteiger partial charge in [-0.05, 0) is 49.4 Å². The number of anilines is 1. The summed E-state index contributed by atoms with van der Waals surface area (Å²) in [6.45, 7) is 4.70. The standard InChI is InChI=1S/C20H28N4OS.HI/c1-25-15-17-5-2-3-7-19(17)23-20(21)22-13-16-8-10-24(11-9-16)14-18-6-4-12-26-18;/h2-7,12,16H,8-11,13-15H2,1H3,(H3,21,22,23);1H. The molecule has 2 heterocycles. The molecular weight excluding hydrogens is 471 g/mol. The third-order valence-corrected chi connectivity index (χ3v) is 5.63. The molecule has 0 radical (unpaired) electrons. The van der Waals surface area contributed by atoms with Crippen LogP contribution in [-0.4, -0.2) is 37.6 Å². The van der Waals surface area contributed by atoms with Crippen molar-refractivity contribution in [3.05, 3.63) is 52.2 Å². The van der Waals surface area contributed by atoms with Gasteiger partial charge in [-0.25, -0.2) is 0 Å². The van der Waals surface area contributed by atoms with Crippen molar-refractivity contribution in [1.29, 1.82) is 0 Å². The number of methoxy groups -OCH3 is 1. The van der Waals surface area contributed by atoms with E-state index >= 15 is 0 Å². The Hall–Kier alpha value is -1.16. The van der Waals surface area contributed by atoms with Crippen molar-refractivity contribution in [2.45, 2.75) is 26.0 Å². The Labute approximate surface area is 183 Å². The third-order valence-electron chi connectivity index (χ3n) is 4.77. The second-order valence-electron chi connectivity index (χ2n) is 6.74. The second kappa shape index (κ2) is 11.6. The van der Waals surface area contributed by atoms with E-state index in [0.29, 0.717) is 18.5 Å². The summed E-state index contributed by atoms with van der Waals surface area (Å²) in [5.74, 6) is 1.10. The summed E-state index contributed by atoms with van der Waals surface area (Å²) in [6.07, 6.45) is 2.37. The molecule has 1 aliphatic rings. The molecule has 3 rings (SSSR count). The van der Waals surface area contributed by atoms with Crippen LogP contribution in [0.25, 0.3) is 0 Å². The maximum atomic E-state index is 6.09. The minimum atomic E-state index is 0. The molecule has 0 atom stereocenters. The molecule has 148 valence electrons. The molecule has 1 saturated heterocycles. The van der Waals surface area contributed by atoms with Crippen LogP contribution in [0.1, 0.15) is 23.3 Å². The molecule has 5 nitrogen and oxygen atoms in total. The Morgan fingerprint density at radius 2 is 2.04 bits per heavy atom. The van der Waals surface area contributed by atoms with Gasteiger partial charge in [0.1, 0.15) is 0 Å². The van der Waals surface area contributed by atoms with Crippen LogP contribution in [0, 0.1) is 5.92 Å². The lowest BCUT2D eigenvalue weighted by atomic mass is 9.97. The molecule has 1 aromatic carbocycles. The van der Waals surface area contributed by atoms with E-state index in [1.807, 2.05) is 35.6 Å². The number of hydrogen-bond acceptors (Lipinski definition) is 4. The molecule has 3 N–H and O–H groups in total. The molecule has 0 aliphatic carbocycles. The molecule has 0 bridgehead atoms. The zero-order valence-electron chi connectivity index (χ0n) is 15.8. The van der Waals surface area contributed by atoms with Crippen molar-refractivity contribution in [2.24, 2.45) is 16.6 Å². The first kappa shape index (κ1) is 22.1. The quantitative estimate of drug-likeness (QED) is 0.341. The highest BCUT2D eigenvalue weighted by molar-refractivity contribution is 14.0. The summed E-state index contributed by atoms with van der Waals surface area (Å²) in [5.41, 5.74) is 8.13. The number of hydrogen-bond donors (Lipinski definition) is 2. The van der Waals surface area contributed by atoms with Crippen molar-refractivity contribution in [3.8, 4) is 0 Å². The van der Waals surface area contributed by atoms with Gasteiger partial charge in [-0.15, -0.1) is 35.3 Å². The number of halogens is 1. The summed E-state index contributed by atoms with van der Waals surface area (Å²) in [6, 6.07) is 12.4. The van der Waals surface area contributed by atoms with Crippen molar-refractivity contribution >= 4 is 47.0 Å². The first-order valence-electron chi connectivity index (χ1n) is 9.13. The van der Waals surface area contributed by atoms with Crippen molar-refractivity contribution in [1.82, 2.24) is 4.90 Å². The average Bonchev–Trinajstić information content (AvgIpc) is 3.16. The van der Waals surface area contributed by atoms with Gasteiger partial charge >= 0.3 is 0 Å². The van der Waals surface area contributed by atoms with Crippen molar-refractivity contribution in [2.75, 3.05) is 32.1 Å². The number of nitrogens with one attached hydrogen (secondary N) is 1. The average molecular weight is 500 g/mol. The number of guanidine groups is 1. The van der Waals surface area contributed by atoms with Gasteiger partial charge < -0.3 is 15.8 Å². The fraction of sp³-hybridized carbons (Fsp3) is 0.450. The number of nitrogens with zero attached hydrogens (tertiary/aromatic N) is 2. The summed E-state index contributed by atoms with van der Waals surface area (Å²) in [7, 11) is 1.69. The van der Waals surface area contributed by atoms with E-state index in [-0.39, 0.29) is 24.0 Å². The largest absolute Gasteiger partial charge is 0.380 e. The van der Waals surface area contributed by atoms with Crippen LogP contribution in [-0.2, 0) is 17.9 Å². The second-order valence-corrected chi connectivity index (χ2v) is 7.77. The Balaban J connectivity index is 0.00000261. The first-order chi connectivity index (χ1) is 12.7. The van der Waals surface area contributed by atoms with Crippen LogP contribution < -0.4 is 11.1 Å². The smallest absolute Gasteiger partial charge is 0.193 e. The highest BCUT2D eigenvalue weighted by Crippen LogP contribution is 2.21. The van der Waals surface area contributed by atoms with E-state index in [2.05, 4.69) is 32.7 Å². The summed E-state index contributed by atoms with van der Waals surface area (Å²) < 4.78 is 5.23. The maximum Gasteiger partial charge on any atom is 0.193 e. The van der Waals surface area contributed by atoms with E-state index in [1.165, 1.54) is 17.7 Å². The third kappa shape index (κ3) is 7.06. The Kier molecular flexibility index (Phi) is 9.53. The molecule has 0 saturated carbocycles.